The predicted molar refractivity (Wildman–Crippen MR) is 67.5 cm³/mol. The van der Waals surface area contributed by atoms with Gasteiger partial charge in [-0.1, -0.05) is 6.58 Å². The van der Waals surface area contributed by atoms with Gasteiger partial charge < -0.3 is 14.5 Å². The van der Waals surface area contributed by atoms with Gasteiger partial charge in [0.2, 0.25) is 6.73 Å². The molecule has 0 bridgehead atoms. The lowest BCUT2D eigenvalue weighted by atomic mass is 10.4. The van der Waals surface area contributed by atoms with E-state index in [-0.39, 0.29) is 12.6 Å². The second-order valence-corrected chi connectivity index (χ2v) is 5.78. The zero-order chi connectivity index (χ0) is 15.0. The zero-order valence-electron chi connectivity index (χ0n) is 11.5. The Bertz CT molecular complexity index is 317. The zero-order valence-corrected chi connectivity index (χ0v) is 12.4. The second-order valence-electron chi connectivity index (χ2n) is 4.54. The minimum Gasteiger partial charge on any atom is -0.412 e. The minimum absolute atomic E-state index is 0.0459. The summed E-state index contributed by atoms with van der Waals surface area (Å²) in [5, 5.41) is 0. The molecule has 0 aliphatic heterocycles. The molecule has 0 aliphatic carbocycles. The number of carbonyl (C=O) groups is 1. The fraction of sp³-hybridized carbons (Fsp3) is 0.700. The van der Waals surface area contributed by atoms with Crippen LogP contribution in [0.4, 0.5) is 0 Å². The lowest BCUT2D eigenvalue weighted by Crippen LogP contribution is -2.37. The third-order valence-electron chi connectivity index (χ3n) is 1.23. The first-order chi connectivity index (χ1) is 7.89. The van der Waals surface area contributed by atoms with Gasteiger partial charge in [0.05, 0.1) is 27.7 Å². The smallest absolute Gasteiger partial charge is 0.412 e. The third kappa shape index (κ3) is 17.7. The molecule has 0 aromatic carbocycles. The number of rotatable bonds is 5. The van der Waals surface area contributed by atoms with Crippen LogP contribution >= 0.6 is 7.82 Å². The standard InChI is InChI=1S/C8H16NO2.C2H7O4P/c1-7(2)8(10)11-6-9(3,4)5;1-2-6-7(3,4)5/h1,6H2,2-5H3;2H2,1H3,(H2,3,4,5)/q+1;. The van der Waals surface area contributed by atoms with E-state index in [1.165, 1.54) is 6.92 Å². The second kappa shape index (κ2) is 8.39. The van der Waals surface area contributed by atoms with E-state index >= 15 is 0 Å². The van der Waals surface area contributed by atoms with Crippen molar-refractivity contribution in [3.8, 4) is 0 Å². The molecule has 8 heteroatoms. The van der Waals surface area contributed by atoms with Gasteiger partial charge in [0.15, 0.2) is 0 Å². The quantitative estimate of drug-likeness (QED) is 0.256. The average molecular weight is 284 g/mol. The van der Waals surface area contributed by atoms with Gasteiger partial charge in [-0.25, -0.2) is 9.36 Å². The molecule has 0 aliphatic rings. The summed E-state index contributed by atoms with van der Waals surface area (Å²) in [5.41, 5.74) is 0.443. The predicted octanol–water partition coefficient (Wildman–Crippen LogP) is 0.885. The summed E-state index contributed by atoms with van der Waals surface area (Å²) in [7, 11) is 1.68. The van der Waals surface area contributed by atoms with Crippen molar-refractivity contribution in [2.75, 3.05) is 34.5 Å². The Morgan fingerprint density at radius 2 is 1.78 bits per heavy atom. The summed E-state index contributed by atoms with van der Waals surface area (Å²) in [5.74, 6) is -0.321. The van der Waals surface area contributed by atoms with E-state index in [9.17, 15) is 9.36 Å². The van der Waals surface area contributed by atoms with Gasteiger partial charge in [0.25, 0.3) is 0 Å². The van der Waals surface area contributed by atoms with E-state index in [4.69, 9.17) is 14.5 Å². The lowest BCUT2D eigenvalue weighted by Gasteiger charge is -2.22. The van der Waals surface area contributed by atoms with Crippen LogP contribution in [-0.2, 0) is 18.6 Å². The molecule has 0 heterocycles. The van der Waals surface area contributed by atoms with Crippen LogP contribution in [0.3, 0.4) is 0 Å². The summed E-state index contributed by atoms with van der Waals surface area (Å²) in [6, 6.07) is 0. The minimum atomic E-state index is -4.17. The van der Waals surface area contributed by atoms with Crippen molar-refractivity contribution < 1.29 is 32.9 Å². The molecule has 0 saturated heterocycles. The summed E-state index contributed by atoms with van der Waals surface area (Å²) < 4.78 is 19.1. The lowest BCUT2D eigenvalue weighted by molar-refractivity contribution is -0.888. The van der Waals surface area contributed by atoms with E-state index in [2.05, 4.69) is 11.1 Å². The highest BCUT2D eigenvalue weighted by molar-refractivity contribution is 7.46. The maximum atomic E-state index is 10.9. The van der Waals surface area contributed by atoms with Crippen LogP contribution in [0.15, 0.2) is 12.2 Å². The molecule has 0 atom stereocenters. The Kier molecular flexibility index (Phi) is 9.15. The monoisotopic (exact) mass is 284 g/mol. The molecule has 0 amide bonds. The summed E-state index contributed by atoms with van der Waals surface area (Å²) >= 11 is 0. The fourth-order valence-electron chi connectivity index (χ4n) is 0.544. The maximum Gasteiger partial charge on any atom is 0.469 e. The molecule has 0 aromatic rings. The van der Waals surface area contributed by atoms with Gasteiger partial charge in [0.1, 0.15) is 0 Å². The van der Waals surface area contributed by atoms with Crippen LogP contribution < -0.4 is 0 Å². The highest BCUT2D eigenvalue weighted by Crippen LogP contribution is 2.34. The Hall–Kier alpha value is -0.720. The molecule has 2 N–H and O–H groups in total. The highest BCUT2D eigenvalue weighted by atomic mass is 31.2. The Labute approximate surface area is 108 Å². The van der Waals surface area contributed by atoms with Gasteiger partial charge in [-0.05, 0) is 13.8 Å². The van der Waals surface area contributed by atoms with Crippen LogP contribution in [0.25, 0.3) is 0 Å². The SMILES string of the molecule is C=C(C)C(=O)OC[N+](C)(C)C.CCOP(=O)(O)O. The van der Waals surface area contributed by atoms with E-state index in [0.717, 1.165) is 0 Å². The largest absolute Gasteiger partial charge is 0.469 e. The molecule has 0 spiro atoms. The van der Waals surface area contributed by atoms with Crippen molar-refractivity contribution in [2.24, 2.45) is 0 Å². The fourth-order valence-corrected chi connectivity index (χ4v) is 0.880. The molecular formula is C10H23NO6P+. The van der Waals surface area contributed by atoms with Gasteiger partial charge in [-0.3, -0.25) is 9.01 Å². The van der Waals surface area contributed by atoms with Crippen molar-refractivity contribution in [1.82, 2.24) is 0 Å². The number of phosphoric ester groups is 1. The van der Waals surface area contributed by atoms with Gasteiger partial charge in [0, 0.05) is 5.57 Å². The number of esters is 1. The van der Waals surface area contributed by atoms with Crippen molar-refractivity contribution in [3.63, 3.8) is 0 Å². The number of phosphoric acid groups is 1. The topological polar surface area (TPSA) is 93.1 Å². The third-order valence-corrected chi connectivity index (χ3v) is 1.82. The number of ether oxygens (including phenoxy) is 1. The van der Waals surface area contributed by atoms with Crippen molar-refractivity contribution in [1.29, 1.82) is 0 Å². The van der Waals surface area contributed by atoms with Crippen LogP contribution in [0.1, 0.15) is 13.8 Å². The molecule has 0 aromatic heterocycles. The van der Waals surface area contributed by atoms with Gasteiger partial charge >= 0.3 is 13.8 Å². The van der Waals surface area contributed by atoms with E-state index in [0.29, 0.717) is 16.8 Å². The van der Waals surface area contributed by atoms with Crippen LogP contribution in [0, 0.1) is 0 Å². The number of nitrogens with zero attached hydrogens (tertiary/aromatic N) is 1. The van der Waals surface area contributed by atoms with E-state index in [1.54, 1.807) is 6.92 Å². The molecule has 0 fully saturated rings. The molecule has 7 nitrogen and oxygen atoms in total. The van der Waals surface area contributed by atoms with Crippen molar-refractivity contribution >= 4 is 13.8 Å². The molecule has 0 radical (unpaired) electrons. The number of carbonyl (C=O) groups excluding carboxylic acids is 1. The van der Waals surface area contributed by atoms with E-state index in [1.807, 2.05) is 21.1 Å². The molecule has 18 heavy (non-hydrogen) atoms. The Morgan fingerprint density at radius 3 is 1.94 bits per heavy atom. The molecular weight excluding hydrogens is 261 g/mol. The first kappa shape index (κ1) is 19.6. The van der Waals surface area contributed by atoms with E-state index < -0.39 is 7.82 Å². The molecule has 0 unspecified atom stereocenters. The van der Waals surface area contributed by atoms with Crippen molar-refractivity contribution in [2.45, 2.75) is 13.8 Å². The first-order valence-electron chi connectivity index (χ1n) is 5.22. The maximum absolute atomic E-state index is 10.9. The van der Waals surface area contributed by atoms with Crippen molar-refractivity contribution in [3.05, 3.63) is 12.2 Å². The van der Waals surface area contributed by atoms with Gasteiger partial charge in [-0.15, -0.1) is 0 Å². The summed E-state index contributed by atoms with van der Waals surface area (Å²) in [4.78, 5) is 26.7. The van der Waals surface area contributed by atoms with Crippen LogP contribution in [-0.4, -0.2) is 54.7 Å². The Morgan fingerprint density at radius 1 is 1.33 bits per heavy atom. The molecule has 0 rings (SSSR count). The number of hydrogen-bond donors (Lipinski definition) is 2. The summed E-state index contributed by atoms with van der Waals surface area (Å²) in [6.07, 6.45) is 0. The number of quaternary nitrogens is 1. The highest BCUT2D eigenvalue weighted by Gasteiger charge is 2.11. The van der Waals surface area contributed by atoms with Crippen LogP contribution in [0.2, 0.25) is 0 Å². The van der Waals surface area contributed by atoms with Crippen LogP contribution in [0.5, 0.6) is 0 Å². The normalized spacial score (nSPS) is 11.3. The molecule has 108 valence electrons. The first-order valence-corrected chi connectivity index (χ1v) is 6.75. The molecule has 0 saturated carbocycles. The Balaban J connectivity index is 0. The van der Waals surface area contributed by atoms with Gasteiger partial charge in [-0.2, -0.15) is 0 Å². The number of hydrogen-bond acceptors (Lipinski definition) is 4. The average Bonchev–Trinajstić information content (AvgIpc) is 2.11. The summed E-state index contributed by atoms with van der Waals surface area (Å²) in [6.45, 7) is 7.05.